The molecular weight excluding hydrogens is 262 g/mol. The van der Waals surface area contributed by atoms with Crippen LogP contribution in [0.3, 0.4) is 0 Å². The fourth-order valence-corrected chi connectivity index (χ4v) is 2.44. The van der Waals surface area contributed by atoms with E-state index in [1.54, 1.807) is 0 Å². The first-order valence-electron chi connectivity index (χ1n) is 8.52. The van der Waals surface area contributed by atoms with Crippen LogP contribution >= 0.6 is 0 Å². The summed E-state index contributed by atoms with van der Waals surface area (Å²) in [6, 6.07) is 0. The maximum Gasteiger partial charge on any atom is 0.0780 e. The third-order valence-corrected chi connectivity index (χ3v) is 3.85. The molecule has 0 saturated carbocycles. The van der Waals surface area contributed by atoms with Crippen molar-refractivity contribution in [2.75, 3.05) is 27.7 Å². The summed E-state index contributed by atoms with van der Waals surface area (Å²) in [6.07, 6.45) is 13.2. The lowest BCUT2D eigenvalue weighted by molar-refractivity contribution is -0.870. The van der Waals surface area contributed by atoms with Gasteiger partial charge in [-0.1, -0.05) is 51.5 Å². The van der Waals surface area contributed by atoms with Crippen LogP contribution in [-0.2, 0) is 4.79 Å². The lowest BCUT2D eigenvalue weighted by atomic mass is 10.0. The van der Waals surface area contributed by atoms with E-state index in [1.807, 2.05) is 0 Å². The van der Waals surface area contributed by atoms with E-state index < -0.39 is 5.97 Å². The number of carbonyl (C=O) groups is 1. The molecule has 0 amide bonds. The molecule has 0 heterocycles. The second-order valence-electron chi connectivity index (χ2n) is 7.19. The first kappa shape index (κ1) is 20.2. The molecule has 3 heteroatoms. The summed E-state index contributed by atoms with van der Waals surface area (Å²) in [6.45, 7) is 4.76. The smallest absolute Gasteiger partial charge is 0.0780 e. The Kier molecular flexibility index (Phi) is 11.3. The van der Waals surface area contributed by atoms with E-state index in [1.165, 1.54) is 57.9 Å². The van der Waals surface area contributed by atoms with Crippen molar-refractivity contribution in [1.29, 1.82) is 0 Å². The monoisotopic (exact) mass is 297 g/mol. The first-order valence-corrected chi connectivity index (χ1v) is 8.52. The summed E-state index contributed by atoms with van der Waals surface area (Å²) in [5.74, 6) is -1.10. The van der Waals surface area contributed by atoms with Crippen molar-refractivity contribution in [3.63, 3.8) is 0 Å². The minimum Gasteiger partial charge on any atom is -0.545 e. The summed E-state index contributed by atoms with van der Waals surface area (Å²) in [7, 11) is 6.76. The van der Waals surface area contributed by atoms with E-state index in [0.29, 0.717) is 6.42 Å². The van der Waals surface area contributed by atoms with Crippen molar-refractivity contribution < 1.29 is 14.4 Å². The quantitative estimate of drug-likeness (QED) is 0.280. The molecule has 0 bridgehead atoms. The zero-order valence-electron chi connectivity index (χ0n) is 14.5. The molecule has 0 aromatic carbocycles. The van der Waals surface area contributed by atoms with Crippen LogP contribution in [0.15, 0.2) is 12.2 Å². The Morgan fingerprint density at radius 2 is 1.19 bits per heavy atom. The minimum absolute atomic E-state index is 0.240. The van der Waals surface area contributed by atoms with Crippen molar-refractivity contribution in [1.82, 2.24) is 0 Å². The standard InChI is InChI=1S/C18H35NO2/c1-17(18(20)21)15-13-11-9-7-5-6-8-10-12-14-16-19(2,3)4/h1,5-16H2,2-4H3. The third kappa shape index (κ3) is 15.4. The molecule has 21 heavy (non-hydrogen) atoms. The highest BCUT2D eigenvalue weighted by Crippen LogP contribution is 2.13. The topological polar surface area (TPSA) is 40.1 Å². The summed E-state index contributed by atoms with van der Waals surface area (Å²) >= 11 is 0. The molecule has 0 aliphatic carbocycles. The van der Waals surface area contributed by atoms with Crippen LogP contribution in [-0.4, -0.2) is 38.1 Å². The van der Waals surface area contributed by atoms with Gasteiger partial charge in [-0.15, -0.1) is 0 Å². The molecular formula is C18H35NO2. The number of hydrogen-bond donors (Lipinski definition) is 0. The van der Waals surface area contributed by atoms with E-state index in [9.17, 15) is 9.90 Å². The molecule has 0 aliphatic rings. The molecule has 0 saturated heterocycles. The first-order chi connectivity index (χ1) is 9.83. The zero-order valence-corrected chi connectivity index (χ0v) is 14.5. The minimum atomic E-state index is -1.10. The number of rotatable bonds is 14. The molecule has 0 atom stereocenters. The second-order valence-corrected chi connectivity index (χ2v) is 7.19. The number of carboxylic acids is 1. The highest BCUT2D eigenvalue weighted by molar-refractivity contribution is 5.83. The van der Waals surface area contributed by atoms with Gasteiger partial charge in [0.05, 0.1) is 33.7 Å². The van der Waals surface area contributed by atoms with Crippen LogP contribution in [0.25, 0.3) is 0 Å². The van der Waals surface area contributed by atoms with Gasteiger partial charge in [0.1, 0.15) is 0 Å². The Labute approximate surface area is 131 Å². The molecule has 0 rings (SSSR count). The normalized spacial score (nSPS) is 11.6. The van der Waals surface area contributed by atoms with Gasteiger partial charge in [0, 0.05) is 0 Å². The van der Waals surface area contributed by atoms with E-state index in [-0.39, 0.29) is 5.57 Å². The highest BCUT2D eigenvalue weighted by Gasteiger charge is 2.04. The molecule has 3 nitrogen and oxygen atoms in total. The van der Waals surface area contributed by atoms with Crippen LogP contribution < -0.4 is 5.11 Å². The van der Waals surface area contributed by atoms with E-state index in [4.69, 9.17) is 0 Å². The number of nitrogens with zero attached hydrogens (tertiary/aromatic N) is 1. The number of quaternary nitrogens is 1. The molecule has 0 unspecified atom stereocenters. The van der Waals surface area contributed by atoms with Gasteiger partial charge >= 0.3 is 0 Å². The maximum absolute atomic E-state index is 10.5. The van der Waals surface area contributed by atoms with E-state index in [2.05, 4.69) is 27.7 Å². The Balaban J connectivity index is 3.16. The molecule has 0 fully saturated rings. The third-order valence-electron chi connectivity index (χ3n) is 3.85. The summed E-state index contributed by atoms with van der Waals surface area (Å²) in [4.78, 5) is 10.5. The lowest BCUT2D eigenvalue weighted by Gasteiger charge is -2.23. The Morgan fingerprint density at radius 1 is 0.810 bits per heavy atom. The molecule has 0 aliphatic heterocycles. The summed E-state index contributed by atoms with van der Waals surface area (Å²) < 4.78 is 1.07. The van der Waals surface area contributed by atoms with Crippen LogP contribution in [0.4, 0.5) is 0 Å². The van der Waals surface area contributed by atoms with E-state index >= 15 is 0 Å². The van der Waals surface area contributed by atoms with Crippen molar-refractivity contribution in [3.05, 3.63) is 12.2 Å². The van der Waals surface area contributed by atoms with Crippen molar-refractivity contribution in [3.8, 4) is 0 Å². The highest BCUT2D eigenvalue weighted by atomic mass is 16.4. The molecule has 0 aromatic heterocycles. The van der Waals surface area contributed by atoms with Gasteiger partial charge in [-0.05, 0) is 31.3 Å². The predicted octanol–water partition coefficient (Wildman–Crippen LogP) is 3.29. The van der Waals surface area contributed by atoms with Crippen LogP contribution in [0.1, 0.15) is 70.6 Å². The molecule has 0 spiro atoms. The maximum atomic E-state index is 10.5. The summed E-state index contributed by atoms with van der Waals surface area (Å²) in [5, 5.41) is 10.5. The molecule has 0 aromatic rings. The van der Waals surface area contributed by atoms with E-state index in [0.717, 1.165) is 17.3 Å². The van der Waals surface area contributed by atoms with Gasteiger partial charge in [0.25, 0.3) is 0 Å². The number of carboxylic acid groups (broad SMARTS) is 1. The molecule has 0 N–H and O–H groups in total. The SMILES string of the molecule is C=C(CCCCCCCCCCCC[N+](C)(C)C)C(=O)[O-]. The van der Waals surface area contributed by atoms with Crippen LogP contribution in [0.2, 0.25) is 0 Å². The zero-order chi connectivity index (χ0) is 16.1. The van der Waals surface area contributed by atoms with Crippen LogP contribution in [0.5, 0.6) is 0 Å². The van der Waals surface area contributed by atoms with Gasteiger partial charge in [0.2, 0.25) is 0 Å². The van der Waals surface area contributed by atoms with Gasteiger partial charge in [-0.3, -0.25) is 0 Å². The molecule has 124 valence electrons. The molecule has 0 radical (unpaired) electrons. The van der Waals surface area contributed by atoms with Crippen LogP contribution in [0, 0.1) is 0 Å². The van der Waals surface area contributed by atoms with Gasteiger partial charge < -0.3 is 14.4 Å². The number of aliphatic carboxylic acids is 1. The Bertz CT molecular complexity index is 292. The number of carbonyl (C=O) groups excluding carboxylic acids is 1. The predicted molar refractivity (Wildman–Crippen MR) is 87.8 cm³/mol. The second kappa shape index (κ2) is 11.8. The fourth-order valence-electron chi connectivity index (χ4n) is 2.44. The largest absolute Gasteiger partial charge is 0.545 e. The Morgan fingerprint density at radius 3 is 1.57 bits per heavy atom. The number of unbranched alkanes of at least 4 members (excludes halogenated alkanes) is 9. The van der Waals surface area contributed by atoms with Gasteiger partial charge in [0.15, 0.2) is 0 Å². The van der Waals surface area contributed by atoms with Gasteiger partial charge in [-0.25, -0.2) is 0 Å². The average molecular weight is 297 g/mol. The number of hydrogen-bond acceptors (Lipinski definition) is 2. The Hall–Kier alpha value is -0.830. The average Bonchev–Trinajstić information content (AvgIpc) is 2.38. The van der Waals surface area contributed by atoms with Crippen molar-refractivity contribution in [2.24, 2.45) is 0 Å². The van der Waals surface area contributed by atoms with Gasteiger partial charge in [-0.2, -0.15) is 0 Å². The summed E-state index contributed by atoms with van der Waals surface area (Å²) in [5.41, 5.74) is 0.240. The fraction of sp³-hybridized carbons (Fsp3) is 0.833. The van der Waals surface area contributed by atoms with Crippen molar-refractivity contribution in [2.45, 2.75) is 70.6 Å². The van der Waals surface area contributed by atoms with Crippen molar-refractivity contribution >= 4 is 5.97 Å². The lowest BCUT2D eigenvalue weighted by Crippen LogP contribution is -2.35.